The first-order chi connectivity index (χ1) is 3.50. The van der Waals surface area contributed by atoms with Gasteiger partial charge in [-0.2, -0.15) is 0 Å². The number of hydrogen-bond acceptors (Lipinski definition) is 3. The van der Waals surface area contributed by atoms with Crippen molar-refractivity contribution in [2.45, 2.75) is 18.0 Å². The second kappa shape index (κ2) is 2.64. The zero-order valence-corrected chi connectivity index (χ0v) is 5.39. The highest BCUT2D eigenvalue weighted by atomic mass is 35.5. The summed E-state index contributed by atoms with van der Waals surface area (Å²) in [5.41, 5.74) is 2.96. The van der Waals surface area contributed by atoms with Gasteiger partial charge in [-0.15, -0.1) is 0 Å². The number of nitrogens with two attached hydrogens (primary N) is 1. The summed E-state index contributed by atoms with van der Waals surface area (Å²) < 4.78 is 0. The van der Waals surface area contributed by atoms with Gasteiger partial charge >= 0.3 is 0 Å². The molecule has 4 heteroatoms. The smallest absolute Gasteiger partial charge is 0.147 e. The maximum atomic E-state index is 8.56. The third kappa shape index (κ3) is 1.96. The molecule has 0 saturated heterocycles. The quantitative estimate of drug-likeness (QED) is 0.442. The van der Waals surface area contributed by atoms with Crippen molar-refractivity contribution in [2.24, 2.45) is 5.73 Å². The van der Waals surface area contributed by atoms with Gasteiger partial charge in [0.15, 0.2) is 0 Å². The van der Waals surface area contributed by atoms with Crippen LogP contribution in [-0.2, 0) is 0 Å². The lowest BCUT2D eigenvalue weighted by atomic mass is 10.1. The minimum Gasteiger partial charge on any atom is -0.394 e. The van der Waals surface area contributed by atoms with E-state index in [4.69, 9.17) is 27.5 Å². The summed E-state index contributed by atoms with van der Waals surface area (Å²) in [7, 11) is 0. The van der Waals surface area contributed by atoms with Crippen molar-refractivity contribution < 1.29 is 10.2 Å². The lowest BCUT2D eigenvalue weighted by molar-refractivity contribution is 0.107. The van der Waals surface area contributed by atoms with Crippen LogP contribution in [0.3, 0.4) is 0 Å². The van der Waals surface area contributed by atoms with Crippen LogP contribution < -0.4 is 5.73 Å². The number of halogens is 1. The monoisotopic (exact) mass is 139 g/mol. The molecule has 0 aliphatic carbocycles. The Labute approximate surface area is 53.1 Å². The van der Waals surface area contributed by atoms with Crippen LogP contribution in [0.2, 0.25) is 0 Å². The molecule has 0 bridgehead atoms. The molecule has 0 aromatic rings. The molecule has 0 aromatic carbocycles. The van der Waals surface area contributed by atoms with Crippen LogP contribution in [0.25, 0.3) is 0 Å². The van der Waals surface area contributed by atoms with E-state index in [-0.39, 0.29) is 6.61 Å². The van der Waals surface area contributed by atoms with E-state index in [1.807, 2.05) is 0 Å². The average molecular weight is 140 g/mol. The van der Waals surface area contributed by atoms with E-state index in [1.165, 1.54) is 6.92 Å². The second-order valence-electron chi connectivity index (χ2n) is 2.00. The zero-order chi connectivity index (χ0) is 6.78. The molecule has 0 amide bonds. The van der Waals surface area contributed by atoms with Gasteiger partial charge in [-0.1, -0.05) is 11.6 Å². The standard InChI is InChI=1S/C4H10ClNO2/c1-4(6,2-7)3(5)8/h3,7-8H,2,6H2,1H3. The van der Waals surface area contributed by atoms with Crippen molar-refractivity contribution in [3.8, 4) is 0 Å². The van der Waals surface area contributed by atoms with Gasteiger partial charge in [-0.3, -0.25) is 0 Å². The number of rotatable bonds is 2. The Kier molecular flexibility index (Phi) is 2.70. The summed E-state index contributed by atoms with van der Waals surface area (Å²) >= 11 is 5.14. The lowest BCUT2D eigenvalue weighted by Gasteiger charge is -2.22. The highest BCUT2D eigenvalue weighted by molar-refractivity contribution is 6.20. The molecule has 0 spiro atoms. The maximum absolute atomic E-state index is 8.56. The molecule has 4 N–H and O–H groups in total. The van der Waals surface area contributed by atoms with Gasteiger partial charge < -0.3 is 15.9 Å². The van der Waals surface area contributed by atoms with E-state index in [2.05, 4.69) is 0 Å². The predicted octanol–water partition coefficient (Wildman–Crippen LogP) is -0.747. The first-order valence-corrected chi connectivity index (χ1v) is 2.66. The van der Waals surface area contributed by atoms with Crippen LogP contribution in [0.1, 0.15) is 6.92 Å². The molecular formula is C4H10ClNO2. The van der Waals surface area contributed by atoms with E-state index in [1.54, 1.807) is 0 Å². The Morgan fingerprint density at radius 3 is 2.25 bits per heavy atom. The first-order valence-electron chi connectivity index (χ1n) is 2.22. The van der Waals surface area contributed by atoms with Gasteiger partial charge in [-0.25, -0.2) is 0 Å². The Morgan fingerprint density at radius 2 is 2.25 bits per heavy atom. The summed E-state index contributed by atoms with van der Waals surface area (Å²) in [4.78, 5) is 0. The van der Waals surface area contributed by atoms with Crippen LogP contribution in [0.5, 0.6) is 0 Å². The molecule has 0 aliphatic rings. The normalized spacial score (nSPS) is 22.1. The van der Waals surface area contributed by atoms with Crippen LogP contribution >= 0.6 is 11.6 Å². The minimum absolute atomic E-state index is 0.322. The van der Waals surface area contributed by atoms with Crippen molar-refractivity contribution in [2.75, 3.05) is 6.61 Å². The summed E-state index contributed by atoms with van der Waals surface area (Å²) in [6.07, 6.45) is 0. The highest BCUT2D eigenvalue weighted by Crippen LogP contribution is 2.07. The largest absolute Gasteiger partial charge is 0.394 e. The third-order valence-electron chi connectivity index (χ3n) is 0.885. The van der Waals surface area contributed by atoms with Gasteiger partial charge in [0, 0.05) is 0 Å². The van der Waals surface area contributed by atoms with Crippen molar-refractivity contribution >= 4 is 11.6 Å². The van der Waals surface area contributed by atoms with Gasteiger partial charge in [0.2, 0.25) is 0 Å². The Bertz CT molecular complexity index is 74.4. The summed E-state index contributed by atoms with van der Waals surface area (Å²) in [5.74, 6) is 0. The van der Waals surface area contributed by atoms with Crippen LogP contribution in [0, 0.1) is 0 Å². The van der Waals surface area contributed by atoms with E-state index >= 15 is 0 Å². The van der Waals surface area contributed by atoms with E-state index in [0.29, 0.717) is 0 Å². The van der Waals surface area contributed by atoms with Crippen LogP contribution in [0.4, 0.5) is 0 Å². The Morgan fingerprint density at radius 1 is 1.88 bits per heavy atom. The number of aliphatic hydroxyl groups is 2. The Balaban J connectivity index is 3.71. The average Bonchev–Trinajstić information content (AvgIpc) is 1.67. The minimum atomic E-state index is -1.19. The van der Waals surface area contributed by atoms with Crippen LogP contribution in [0.15, 0.2) is 0 Å². The molecular weight excluding hydrogens is 130 g/mol. The maximum Gasteiger partial charge on any atom is 0.147 e. The van der Waals surface area contributed by atoms with Crippen molar-refractivity contribution in [3.63, 3.8) is 0 Å². The first kappa shape index (κ1) is 8.17. The van der Waals surface area contributed by atoms with Gasteiger partial charge in [0.05, 0.1) is 12.1 Å². The third-order valence-corrected chi connectivity index (χ3v) is 1.38. The van der Waals surface area contributed by atoms with E-state index in [0.717, 1.165) is 0 Å². The molecule has 50 valence electrons. The fraction of sp³-hybridized carbons (Fsp3) is 1.00. The summed E-state index contributed by atoms with van der Waals surface area (Å²) in [6.45, 7) is 1.14. The van der Waals surface area contributed by atoms with Crippen molar-refractivity contribution in [3.05, 3.63) is 0 Å². The molecule has 0 fully saturated rings. The predicted molar refractivity (Wildman–Crippen MR) is 31.5 cm³/mol. The molecule has 0 aromatic heterocycles. The molecule has 2 unspecified atom stereocenters. The number of alkyl halides is 1. The second-order valence-corrected chi connectivity index (χ2v) is 2.41. The Hall–Kier alpha value is 0.170. The van der Waals surface area contributed by atoms with Crippen LogP contribution in [-0.4, -0.2) is 27.9 Å². The summed E-state index contributed by atoms with van der Waals surface area (Å²) in [5, 5.41) is 17.0. The van der Waals surface area contributed by atoms with Crippen molar-refractivity contribution in [1.82, 2.24) is 0 Å². The molecule has 0 radical (unpaired) electrons. The van der Waals surface area contributed by atoms with Gasteiger partial charge in [-0.05, 0) is 6.92 Å². The molecule has 8 heavy (non-hydrogen) atoms. The summed E-state index contributed by atoms with van der Waals surface area (Å²) in [6, 6.07) is 0. The van der Waals surface area contributed by atoms with E-state index < -0.39 is 11.1 Å². The lowest BCUT2D eigenvalue weighted by Crippen LogP contribution is -2.48. The molecule has 0 rings (SSSR count). The van der Waals surface area contributed by atoms with Gasteiger partial charge in [0.25, 0.3) is 0 Å². The molecule has 0 aliphatic heterocycles. The molecule has 0 heterocycles. The molecule has 3 nitrogen and oxygen atoms in total. The van der Waals surface area contributed by atoms with E-state index in [9.17, 15) is 0 Å². The molecule has 2 atom stereocenters. The topological polar surface area (TPSA) is 66.5 Å². The molecule has 0 saturated carbocycles. The number of aliphatic hydroxyl groups excluding tert-OH is 2. The highest BCUT2D eigenvalue weighted by Gasteiger charge is 2.24. The SMILES string of the molecule is CC(N)(CO)C(O)Cl. The fourth-order valence-corrected chi connectivity index (χ4v) is 0.144. The van der Waals surface area contributed by atoms with Gasteiger partial charge in [0.1, 0.15) is 5.56 Å². The van der Waals surface area contributed by atoms with Crippen molar-refractivity contribution in [1.29, 1.82) is 0 Å². The fourth-order valence-electron chi connectivity index (χ4n) is 0.0753. The number of hydrogen-bond donors (Lipinski definition) is 3. The zero-order valence-electron chi connectivity index (χ0n) is 4.63.